The first kappa shape index (κ1) is 17.3. The molecule has 0 radical (unpaired) electrons. The van der Waals surface area contributed by atoms with Gasteiger partial charge in [-0.3, -0.25) is 4.57 Å². The smallest absolute Gasteiger partial charge is 0.167 e. The lowest BCUT2D eigenvalue weighted by Crippen LogP contribution is -2.37. The van der Waals surface area contributed by atoms with Crippen LogP contribution >= 0.6 is 0 Å². The van der Waals surface area contributed by atoms with Crippen LogP contribution in [0.2, 0.25) is 0 Å². The maximum absolute atomic E-state index is 10.4. The summed E-state index contributed by atoms with van der Waals surface area (Å²) in [6.45, 7) is 1.52. The predicted molar refractivity (Wildman–Crippen MR) is 95.8 cm³/mol. The molecular weight excluding hydrogens is 350 g/mol. The summed E-state index contributed by atoms with van der Waals surface area (Å²) >= 11 is 0. The summed E-state index contributed by atoms with van der Waals surface area (Å²) < 4.78 is 7.30. The van der Waals surface area contributed by atoms with Gasteiger partial charge in [-0.05, 0) is 38.0 Å². The number of ether oxygens (including phenoxy) is 1. The van der Waals surface area contributed by atoms with Crippen LogP contribution in [0, 0.1) is 11.8 Å². The van der Waals surface area contributed by atoms with Crippen LogP contribution in [-0.2, 0) is 4.74 Å². The number of aromatic nitrogens is 4. The number of nitrogens with zero attached hydrogens (tertiary/aromatic N) is 4. The van der Waals surface area contributed by atoms with Gasteiger partial charge in [0.1, 0.15) is 24.6 Å². The van der Waals surface area contributed by atoms with Gasteiger partial charge in [0.2, 0.25) is 0 Å². The Balaban J connectivity index is 1.44. The van der Waals surface area contributed by atoms with Gasteiger partial charge in [-0.25, -0.2) is 15.0 Å². The van der Waals surface area contributed by atoms with E-state index in [2.05, 4.69) is 20.3 Å². The Bertz CT molecular complexity index is 842. The third-order valence-electron chi connectivity index (χ3n) is 6.44. The number of fused-ring (bicyclic) bond motifs is 3. The summed E-state index contributed by atoms with van der Waals surface area (Å²) in [4.78, 5) is 13.1. The lowest BCUT2D eigenvalue weighted by molar-refractivity contribution is -0.0777. The number of aliphatic hydroxyl groups excluding tert-OH is 3. The summed E-state index contributed by atoms with van der Waals surface area (Å²) in [5, 5.41) is 33.9. The lowest BCUT2D eigenvalue weighted by atomic mass is 9.95. The van der Waals surface area contributed by atoms with Crippen LogP contribution in [0.1, 0.15) is 38.8 Å². The Kier molecular flexibility index (Phi) is 4.08. The van der Waals surface area contributed by atoms with E-state index < -0.39 is 30.6 Å². The highest BCUT2D eigenvalue weighted by atomic mass is 16.6. The van der Waals surface area contributed by atoms with Crippen molar-refractivity contribution in [3.05, 3.63) is 12.7 Å². The average Bonchev–Trinajstić information content (AvgIpc) is 3.40. The standard InChI is InChI=1S/C18H25N5O4/c1-8(24)15-13(25)14(26)18(27-15)23-7-21-12-16(19-6-20-17(12)23)22-11-5-9-2-3-10(11)4-9/h6-11,13-15,18,24-26H,2-5H2,1H3,(H,19,20,22)/t8?,9-,10+,11-,13+,14-,15-,18-/m1/s1. The molecule has 1 unspecified atom stereocenters. The molecule has 9 nitrogen and oxygen atoms in total. The van der Waals surface area contributed by atoms with E-state index in [4.69, 9.17) is 4.74 Å². The molecule has 9 heteroatoms. The van der Waals surface area contributed by atoms with E-state index in [0.29, 0.717) is 28.9 Å². The van der Waals surface area contributed by atoms with Gasteiger partial charge in [0.05, 0.1) is 12.4 Å². The van der Waals surface area contributed by atoms with Crippen molar-refractivity contribution in [1.29, 1.82) is 0 Å². The average molecular weight is 375 g/mol. The molecule has 27 heavy (non-hydrogen) atoms. The molecule has 0 amide bonds. The molecule has 4 N–H and O–H groups in total. The molecule has 2 aliphatic carbocycles. The molecular formula is C18H25N5O4. The second-order valence-corrected chi connectivity index (χ2v) is 8.19. The highest BCUT2D eigenvalue weighted by Crippen LogP contribution is 2.45. The van der Waals surface area contributed by atoms with E-state index in [0.717, 1.165) is 5.92 Å². The largest absolute Gasteiger partial charge is 0.391 e. The minimum Gasteiger partial charge on any atom is -0.391 e. The monoisotopic (exact) mass is 375 g/mol. The van der Waals surface area contributed by atoms with E-state index in [1.807, 2.05) is 0 Å². The third kappa shape index (κ3) is 2.72. The van der Waals surface area contributed by atoms with Crippen LogP contribution in [0.3, 0.4) is 0 Å². The van der Waals surface area contributed by atoms with Gasteiger partial charge in [-0.15, -0.1) is 0 Å². The van der Waals surface area contributed by atoms with E-state index in [9.17, 15) is 15.3 Å². The zero-order valence-electron chi connectivity index (χ0n) is 15.1. The zero-order valence-corrected chi connectivity index (χ0v) is 15.1. The van der Waals surface area contributed by atoms with Gasteiger partial charge in [0.15, 0.2) is 23.2 Å². The second-order valence-electron chi connectivity index (χ2n) is 8.19. The fourth-order valence-corrected chi connectivity index (χ4v) is 5.06. The first-order chi connectivity index (χ1) is 13.0. The number of rotatable bonds is 4. The van der Waals surface area contributed by atoms with Crippen LogP contribution in [-0.4, -0.2) is 65.3 Å². The molecule has 2 saturated carbocycles. The van der Waals surface area contributed by atoms with Gasteiger partial charge in [0, 0.05) is 6.04 Å². The van der Waals surface area contributed by atoms with E-state index in [-0.39, 0.29) is 0 Å². The van der Waals surface area contributed by atoms with Crippen LogP contribution in [0.4, 0.5) is 5.82 Å². The first-order valence-corrected chi connectivity index (χ1v) is 9.66. The van der Waals surface area contributed by atoms with E-state index in [1.165, 1.54) is 45.3 Å². The maximum atomic E-state index is 10.4. The molecule has 5 rings (SSSR count). The highest BCUT2D eigenvalue weighted by Gasteiger charge is 2.46. The van der Waals surface area contributed by atoms with Crippen LogP contribution < -0.4 is 5.32 Å². The Morgan fingerprint density at radius 2 is 2.04 bits per heavy atom. The van der Waals surface area contributed by atoms with E-state index >= 15 is 0 Å². The molecule has 8 atom stereocenters. The van der Waals surface area contributed by atoms with Gasteiger partial charge >= 0.3 is 0 Å². The molecule has 1 aliphatic heterocycles. The van der Waals surface area contributed by atoms with Crippen LogP contribution in [0.15, 0.2) is 12.7 Å². The molecule has 2 aromatic heterocycles. The third-order valence-corrected chi connectivity index (χ3v) is 6.44. The van der Waals surface area contributed by atoms with Crippen molar-refractivity contribution in [2.24, 2.45) is 11.8 Å². The fraction of sp³-hybridized carbons (Fsp3) is 0.722. The quantitative estimate of drug-likeness (QED) is 0.606. The normalized spacial score (nSPS) is 39.3. The van der Waals surface area contributed by atoms with Gasteiger partial charge in [0.25, 0.3) is 0 Å². The Morgan fingerprint density at radius 3 is 2.70 bits per heavy atom. The van der Waals surface area contributed by atoms with Crippen molar-refractivity contribution in [1.82, 2.24) is 19.5 Å². The fourth-order valence-electron chi connectivity index (χ4n) is 5.06. The predicted octanol–water partition coefficient (Wildman–Crippen LogP) is 0.427. The molecule has 146 valence electrons. The summed E-state index contributed by atoms with van der Waals surface area (Å²) in [6.07, 6.45) is 3.08. The molecule has 1 saturated heterocycles. The van der Waals surface area contributed by atoms with Gasteiger partial charge in [-0.1, -0.05) is 6.42 Å². The van der Waals surface area contributed by atoms with Crippen molar-refractivity contribution in [3.63, 3.8) is 0 Å². The minimum absolute atomic E-state index is 0.418. The zero-order chi connectivity index (χ0) is 18.7. The topological polar surface area (TPSA) is 126 Å². The summed E-state index contributed by atoms with van der Waals surface area (Å²) in [6, 6.07) is 0.418. The van der Waals surface area contributed by atoms with Crippen molar-refractivity contribution >= 4 is 17.0 Å². The lowest BCUT2D eigenvalue weighted by Gasteiger charge is -2.23. The molecule has 0 aromatic carbocycles. The maximum Gasteiger partial charge on any atom is 0.167 e. The molecule has 2 bridgehead atoms. The first-order valence-electron chi connectivity index (χ1n) is 9.66. The van der Waals surface area contributed by atoms with Crippen molar-refractivity contribution < 1.29 is 20.1 Å². The highest BCUT2D eigenvalue weighted by molar-refractivity contribution is 5.82. The Morgan fingerprint density at radius 1 is 1.19 bits per heavy atom. The summed E-state index contributed by atoms with van der Waals surface area (Å²) in [5.41, 5.74) is 1.14. The number of imidazole rings is 1. The molecule has 0 spiro atoms. The van der Waals surface area contributed by atoms with Crippen molar-refractivity contribution in [3.8, 4) is 0 Å². The molecule has 3 fully saturated rings. The Labute approximate surface area is 156 Å². The molecule has 3 aliphatic rings. The number of nitrogens with one attached hydrogen (secondary N) is 1. The molecule has 3 heterocycles. The summed E-state index contributed by atoms with van der Waals surface area (Å²) in [5.74, 6) is 2.21. The van der Waals surface area contributed by atoms with E-state index in [1.54, 1.807) is 4.57 Å². The number of hydrogen-bond acceptors (Lipinski definition) is 8. The number of aliphatic hydroxyl groups is 3. The summed E-state index contributed by atoms with van der Waals surface area (Å²) in [7, 11) is 0. The Hall–Kier alpha value is -1.81. The van der Waals surface area contributed by atoms with Crippen LogP contribution in [0.25, 0.3) is 11.2 Å². The SMILES string of the molecule is CC(O)[C@H]1O[C@@H](n2cnc3c(N[C@@H]4C[C@@H]5CC[C@H]4C5)ncnc32)[C@H](O)[C@@H]1O. The van der Waals surface area contributed by atoms with Gasteiger partial charge in [-0.2, -0.15) is 0 Å². The second kappa shape index (κ2) is 6.37. The van der Waals surface area contributed by atoms with Crippen LogP contribution in [0.5, 0.6) is 0 Å². The number of anilines is 1. The minimum atomic E-state index is -1.18. The number of hydrogen-bond donors (Lipinski definition) is 4. The van der Waals surface area contributed by atoms with Gasteiger partial charge < -0.3 is 25.4 Å². The van der Waals surface area contributed by atoms with Crippen molar-refractivity contribution in [2.45, 2.75) is 69.3 Å². The van der Waals surface area contributed by atoms with Crippen molar-refractivity contribution in [2.75, 3.05) is 5.32 Å². The molecule has 2 aromatic rings.